The highest BCUT2D eigenvalue weighted by molar-refractivity contribution is 5.88. The first-order valence-electron chi connectivity index (χ1n) is 6.79. The molecule has 0 aromatic heterocycles. The van der Waals surface area contributed by atoms with Gasteiger partial charge in [-0.05, 0) is 24.6 Å². The van der Waals surface area contributed by atoms with E-state index in [1.807, 2.05) is 12.1 Å². The number of amides is 1. The smallest absolute Gasteiger partial charge is 0.328 e. The fraction of sp³-hybridized carbons (Fsp3) is 0.467. The molecule has 1 aliphatic heterocycles. The van der Waals surface area contributed by atoms with Crippen LogP contribution in [-0.2, 0) is 14.3 Å². The quantitative estimate of drug-likeness (QED) is 0.900. The van der Waals surface area contributed by atoms with Gasteiger partial charge in [-0.1, -0.05) is 12.1 Å². The molecule has 0 saturated carbocycles. The summed E-state index contributed by atoms with van der Waals surface area (Å²) in [6, 6.07) is 6.32. The Labute approximate surface area is 123 Å². The molecular formula is C15H19NO5. The van der Waals surface area contributed by atoms with Crippen molar-refractivity contribution >= 4 is 11.9 Å². The number of ether oxygens (including phenoxy) is 2. The number of methoxy groups -OCH3 is 1. The second-order valence-electron chi connectivity index (χ2n) is 4.96. The van der Waals surface area contributed by atoms with Crippen molar-refractivity contribution in [3.05, 3.63) is 29.8 Å². The third-order valence-corrected chi connectivity index (χ3v) is 3.66. The van der Waals surface area contributed by atoms with E-state index in [-0.39, 0.29) is 12.5 Å². The number of carboxylic acids is 1. The molecule has 1 heterocycles. The Morgan fingerprint density at radius 3 is 2.90 bits per heavy atom. The van der Waals surface area contributed by atoms with Crippen LogP contribution in [0.25, 0.3) is 0 Å². The number of carboxylic acid groups (broad SMARTS) is 1. The number of hydrogen-bond acceptors (Lipinski definition) is 4. The predicted octanol–water partition coefficient (Wildman–Crippen LogP) is 1.11. The van der Waals surface area contributed by atoms with Crippen LogP contribution >= 0.6 is 0 Å². The molecule has 21 heavy (non-hydrogen) atoms. The topological polar surface area (TPSA) is 76.1 Å². The number of rotatable bonds is 4. The first-order chi connectivity index (χ1) is 10.0. The standard InChI is InChI=1S/C15H19NO5/c1-10(11-4-3-5-12(8-11)20-2)14(17)16-6-7-21-9-13(16)15(18)19/h3-5,8,10,13H,6-7,9H2,1-2H3,(H,18,19). The Bertz CT molecular complexity index is 531. The Hall–Kier alpha value is -2.08. The average molecular weight is 293 g/mol. The zero-order valence-electron chi connectivity index (χ0n) is 12.1. The maximum Gasteiger partial charge on any atom is 0.328 e. The van der Waals surface area contributed by atoms with Crippen molar-refractivity contribution in [2.75, 3.05) is 26.9 Å². The van der Waals surface area contributed by atoms with Crippen LogP contribution in [-0.4, -0.2) is 54.8 Å². The summed E-state index contributed by atoms with van der Waals surface area (Å²) in [5.41, 5.74) is 0.801. The molecule has 114 valence electrons. The van der Waals surface area contributed by atoms with Crippen molar-refractivity contribution in [3.8, 4) is 5.75 Å². The number of carbonyl (C=O) groups is 2. The van der Waals surface area contributed by atoms with Gasteiger partial charge in [-0.3, -0.25) is 4.79 Å². The maximum atomic E-state index is 12.6. The van der Waals surface area contributed by atoms with Crippen molar-refractivity contribution in [2.45, 2.75) is 18.9 Å². The van der Waals surface area contributed by atoms with E-state index >= 15 is 0 Å². The van der Waals surface area contributed by atoms with Crippen molar-refractivity contribution in [3.63, 3.8) is 0 Å². The number of morpholine rings is 1. The van der Waals surface area contributed by atoms with Crippen LogP contribution in [0.4, 0.5) is 0 Å². The van der Waals surface area contributed by atoms with Gasteiger partial charge >= 0.3 is 5.97 Å². The lowest BCUT2D eigenvalue weighted by Gasteiger charge is -2.34. The van der Waals surface area contributed by atoms with E-state index in [0.717, 1.165) is 5.56 Å². The SMILES string of the molecule is COc1cccc(C(C)C(=O)N2CCOCC2C(=O)O)c1. The van der Waals surface area contributed by atoms with Crippen LogP contribution in [0.1, 0.15) is 18.4 Å². The van der Waals surface area contributed by atoms with Crippen molar-refractivity contribution in [2.24, 2.45) is 0 Å². The zero-order valence-corrected chi connectivity index (χ0v) is 12.1. The van der Waals surface area contributed by atoms with Crippen LogP contribution in [0.5, 0.6) is 5.75 Å². The summed E-state index contributed by atoms with van der Waals surface area (Å²) in [4.78, 5) is 25.2. The molecule has 2 atom stereocenters. The molecule has 2 rings (SSSR count). The molecule has 1 amide bonds. The van der Waals surface area contributed by atoms with Crippen molar-refractivity contribution in [1.29, 1.82) is 0 Å². The van der Waals surface area contributed by atoms with Crippen molar-refractivity contribution < 1.29 is 24.2 Å². The summed E-state index contributed by atoms with van der Waals surface area (Å²) in [6.07, 6.45) is 0. The van der Waals surface area contributed by atoms with Crippen LogP contribution in [0, 0.1) is 0 Å². The zero-order chi connectivity index (χ0) is 15.4. The monoisotopic (exact) mass is 293 g/mol. The third kappa shape index (κ3) is 3.33. The van der Waals surface area contributed by atoms with E-state index in [9.17, 15) is 14.7 Å². The minimum Gasteiger partial charge on any atom is -0.497 e. The molecule has 0 spiro atoms. The highest BCUT2D eigenvalue weighted by Gasteiger charge is 2.35. The predicted molar refractivity (Wildman–Crippen MR) is 75.4 cm³/mol. The molecule has 6 nitrogen and oxygen atoms in total. The van der Waals surface area contributed by atoms with E-state index in [1.165, 1.54) is 4.90 Å². The van der Waals surface area contributed by atoms with Gasteiger partial charge in [0.2, 0.25) is 5.91 Å². The number of carbonyl (C=O) groups excluding carboxylic acids is 1. The summed E-state index contributed by atoms with van der Waals surface area (Å²) >= 11 is 0. The molecule has 1 N–H and O–H groups in total. The van der Waals surface area contributed by atoms with Gasteiger partial charge in [-0.15, -0.1) is 0 Å². The highest BCUT2D eigenvalue weighted by atomic mass is 16.5. The van der Waals surface area contributed by atoms with E-state index in [1.54, 1.807) is 26.2 Å². The molecule has 0 radical (unpaired) electrons. The first kappa shape index (κ1) is 15.3. The lowest BCUT2D eigenvalue weighted by atomic mass is 9.98. The molecule has 2 unspecified atom stereocenters. The van der Waals surface area contributed by atoms with Gasteiger partial charge in [0.25, 0.3) is 0 Å². The second kappa shape index (κ2) is 6.58. The lowest BCUT2D eigenvalue weighted by molar-refractivity contribution is -0.158. The van der Waals surface area contributed by atoms with Gasteiger partial charge in [0, 0.05) is 6.54 Å². The molecule has 1 fully saturated rings. The van der Waals surface area contributed by atoms with E-state index in [0.29, 0.717) is 18.9 Å². The second-order valence-corrected chi connectivity index (χ2v) is 4.96. The van der Waals surface area contributed by atoms with Crippen LogP contribution in [0.2, 0.25) is 0 Å². The number of nitrogens with zero attached hydrogens (tertiary/aromatic N) is 1. The van der Waals surface area contributed by atoms with Crippen LogP contribution in [0.15, 0.2) is 24.3 Å². The van der Waals surface area contributed by atoms with E-state index in [4.69, 9.17) is 9.47 Å². The summed E-state index contributed by atoms with van der Waals surface area (Å²) in [5.74, 6) is -1.01. The number of hydrogen-bond donors (Lipinski definition) is 1. The van der Waals surface area contributed by atoms with Crippen LogP contribution in [0.3, 0.4) is 0 Å². The minimum absolute atomic E-state index is 0.0336. The maximum absolute atomic E-state index is 12.6. The summed E-state index contributed by atoms with van der Waals surface area (Å²) in [6.45, 7) is 2.46. The highest BCUT2D eigenvalue weighted by Crippen LogP contribution is 2.24. The summed E-state index contributed by atoms with van der Waals surface area (Å²) in [5, 5.41) is 9.20. The van der Waals surface area contributed by atoms with Crippen molar-refractivity contribution in [1.82, 2.24) is 4.90 Å². The molecular weight excluding hydrogens is 274 g/mol. The molecule has 1 saturated heterocycles. The molecule has 1 aromatic rings. The Morgan fingerprint density at radius 1 is 1.48 bits per heavy atom. The van der Waals surface area contributed by atoms with Gasteiger partial charge in [0.1, 0.15) is 5.75 Å². The van der Waals surface area contributed by atoms with E-state index < -0.39 is 17.9 Å². The van der Waals surface area contributed by atoms with E-state index in [2.05, 4.69) is 0 Å². The Kier molecular flexibility index (Phi) is 4.80. The number of aliphatic carboxylic acids is 1. The van der Waals surface area contributed by atoms with Gasteiger partial charge in [0.05, 0.1) is 26.2 Å². The largest absolute Gasteiger partial charge is 0.497 e. The lowest BCUT2D eigenvalue weighted by Crippen LogP contribution is -2.53. The first-order valence-corrected chi connectivity index (χ1v) is 6.79. The normalized spacial score (nSPS) is 19.9. The molecule has 6 heteroatoms. The minimum atomic E-state index is -1.04. The van der Waals surface area contributed by atoms with Gasteiger partial charge in [-0.2, -0.15) is 0 Å². The van der Waals surface area contributed by atoms with Gasteiger partial charge in [0.15, 0.2) is 6.04 Å². The fourth-order valence-corrected chi connectivity index (χ4v) is 2.37. The summed E-state index contributed by atoms with van der Waals surface area (Å²) < 4.78 is 10.3. The molecule has 1 aliphatic rings. The Balaban J connectivity index is 2.18. The van der Waals surface area contributed by atoms with Gasteiger partial charge in [-0.25, -0.2) is 4.79 Å². The van der Waals surface area contributed by atoms with Crippen LogP contribution < -0.4 is 4.74 Å². The summed E-state index contributed by atoms with van der Waals surface area (Å²) in [7, 11) is 1.56. The Morgan fingerprint density at radius 2 is 2.24 bits per heavy atom. The molecule has 0 bridgehead atoms. The third-order valence-electron chi connectivity index (χ3n) is 3.66. The van der Waals surface area contributed by atoms with Gasteiger partial charge < -0.3 is 19.5 Å². The average Bonchev–Trinajstić information content (AvgIpc) is 2.53. The molecule has 1 aromatic carbocycles. The fourth-order valence-electron chi connectivity index (χ4n) is 2.37. The number of benzene rings is 1. The molecule has 0 aliphatic carbocycles.